The Morgan fingerprint density at radius 1 is 1.42 bits per heavy atom. The van der Waals surface area contributed by atoms with E-state index >= 15 is 0 Å². The van der Waals surface area contributed by atoms with Gasteiger partial charge in [0, 0.05) is 16.2 Å². The highest BCUT2D eigenvalue weighted by Gasteiger charge is 2.17. The molecular weight excluding hydrogens is 331 g/mol. The van der Waals surface area contributed by atoms with E-state index < -0.39 is 0 Å². The van der Waals surface area contributed by atoms with Crippen LogP contribution in [-0.2, 0) is 0 Å². The van der Waals surface area contributed by atoms with Crippen molar-refractivity contribution in [2.75, 3.05) is 6.54 Å². The van der Waals surface area contributed by atoms with Gasteiger partial charge >= 0.3 is 0 Å². The summed E-state index contributed by atoms with van der Waals surface area (Å²) in [5.41, 5.74) is 1.52. The van der Waals surface area contributed by atoms with Crippen LogP contribution in [0, 0.1) is 5.82 Å². The van der Waals surface area contributed by atoms with Crippen molar-refractivity contribution >= 4 is 27.5 Å². The van der Waals surface area contributed by atoms with Crippen molar-refractivity contribution in [1.82, 2.24) is 10.3 Å². The molecule has 0 aliphatic carbocycles. The first-order valence-corrected chi connectivity index (χ1v) is 7.08. The Kier molecular flexibility index (Phi) is 4.91. The first-order valence-electron chi connectivity index (χ1n) is 5.91. The molecule has 0 saturated heterocycles. The third-order valence-electron chi connectivity index (χ3n) is 2.80. The van der Waals surface area contributed by atoms with Gasteiger partial charge in [0.15, 0.2) is 0 Å². The van der Waals surface area contributed by atoms with Crippen LogP contribution in [0.5, 0.6) is 0 Å². The van der Waals surface area contributed by atoms with Crippen LogP contribution in [0.15, 0.2) is 41.1 Å². The molecule has 100 valence electrons. The van der Waals surface area contributed by atoms with E-state index in [1.807, 2.05) is 19.1 Å². The summed E-state index contributed by atoms with van der Waals surface area (Å²) in [4.78, 5) is 3.78. The summed E-state index contributed by atoms with van der Waals surface area (Å²) in [7, 11) is 0. The van der Waals surface area contributed by atoms with Crippen LogP contribution in [0.2, 0.25) is 5.02 Å². The van der Waals surface area contributed by atoms with E-state index in [1.54, 1.807) is 18.3 Å². The zero-order valence-electron chi connectivity index (χ0n) is 10.3. The van der Waals surface area contributed by atoms with Gasteiger partial charge in [-0.15, -0.1) is 0 Å². The molecule has 0 bridgehead atoms. The minimum Gasteiger partial charge on any atom is -0.306 e. The Morgan fingerprint density at radius 3 is 2.84 bits per heavy atom. The van der Waals surface area contributed by atoms with Gasteiger partial charge in [-0.2, -0.15) is 0 Å². The predicted molar refractivity (Wildman–Crippen MR) is 78.9 cm³/mol. The van der Waals surface area contributed by atoms with Crippen molar-refractivity contribution in [2.45, 2.75) is 13.0 Å². The van der Waals surface area contributed by atoms with Gasteiger partial charge in [0.25, 0.3) is 0 Å². The SMILES string of the molecule is CCNC(c1ccc(Cl)c(Br)c1)c1ccncc1F. The van der Waals surface area contributed by atoms with Crippen LogP contribution < -0.4 is 5.32 Å². The maximum atomic E-state index is 13.9. The van der Waals surface area contributed by atoms with Gasteiger partial charge in [0.1, 0.15) is 5.82 Å². The number of halogens is 3. The van der Waals surface area contributed by atoms with Gasteiger partial charge in [-0.25, -0.2) is 4.39 Å². The maximum absolute atomic E-state index is 13.9. The lowest BCUT2D eigenvalue weighted by molar-refractivity contribution is 0.554. The van der Waals surface area contributed by atoms with Crippen LogP contribution in [0.4, 0.5) is 4.39 Å². The van der Waals surface area contributed by atoms with Gasteiger partial charge in [-0.3, -0.25) is 4.98 Å². The lowest BCUT2D eigenvalue weighted by Crippen LogP contribution is -2.23. The lowest BCUT2D eigenvalue weighted by Gasteiger charge is -2.19. The minimum atomic E-state index is -0.320. The molecule has 0 amide bonds. The van der Waals surface area contributed by atoms with Crippen molar-refractivity contribution < 1.29 is 4.39 Å². The molecular formula is C14H13BrClFN2. The summed E-state index contributed by atoms with van der Waals surface area (Å²) < 4.78 is 14.7. The lowest BCUT2D eigenvalue weighted by atomic mass is 9.99. The summed E-state index contributed by atoms with van der Waals surface area (Å²) in [6.45, 7) is 2.71. The molecule has 2 rings (SSSR count). The Hall–Kier alpha value is -0.970. The second kappa shape index (κ2) is 6.46. The zero-order chi connectivity index (χ0) is 13.8. The molecule has 1 heterocycles. The topological polar surface area (TPSA) is 24.9 Å². The van der Waals surface area contributed by atoms with Gasteiger partial charge in [0.05, 0.1) is 17.3 Å². The minimum absolute atomic E-state index is 0.221. The molecule has 2 nitrogen and oxygen atoms in total. The number of pyridine rings is 1. The summed E-state index contributed by atoms with van der Waals surface area (Å²) in [6, 6.07) is 7.05. The number of hydrogen-bond donors (Lipinski definition) is 1. The molecule has 0 aliphatic heterocycles. The molecule has 0 radical (unpaired) electrons. The van der Waals surface area contributed by atoms with Crippen molar-refractivity contribution in [1.29, 1.82) is 0 Å². The van der Waals surface area contributed by atoms with Crippen LogP contribution in [0.1, 0.15) is 24.1 Å². The molecule has 1 aromatic carbocycles. The second-order valence-corrected chi connectivity index (χ2v) is 5.32. The Labute approximate surface area is 125 Å². The van der Waals surface area contributed by atoms with E-state index in [-0.39, 0.29) is 11.9 Å². The average Bonchev–Trinajstić information content (AvgIpc) is 2.40. The van der Waals surface area contributed by atoms with Crippen molar-refractivity contribution in [3.63, 3.8) is 0 Å². The molecule has 0 saturated carbocycles. The fraction of sp³-hybridized carbons (Fsp3) is 0.214. The van der Waals surface area contributed by atoms with Crippen LogP contribution in [0.3, 0.4) is 0 Å². The van der Waals surface area contributed by atoms with Gasteiger partial charge in [0.2, 0.25) is 0 Å². The first-order chi connectivity index (χ1) is 9.13. The molecule has 1 atom stereocenters. The summed E-state index contributed by atoms with van der Waals surface area (Å²) in [5.74, 6) is -0.320. The standard InChI is InChI=1S/C14H13BrClFN2/c1-2-19-14(10-5-6-18-8-13(10)17)9-3-4-12(16)11(15)7-9/h3-8,14,19H,2H2,1H3. The van der Waals surface area contributed by atoms with E-state index in [1.165, 1.54) is 6.20 Å². The van der Waals surface area contributed by atoms with Gasteiger partial charge in [-0.05, 0) is 46.2 Å². The van der Waals surface area contributed by atoms with E-state index in [4.69, 9.17) is 11.6 Å². The fourth-order valence-corrected chi connectivity index (χ4v) is 2.44. The van der Waals surface area contributed by atoms with Gasteiger partial charge in [-0.1, -0.05) is 24.6 Å². The third kappa shape index (κ3) is 3.32. The molecule has 19 heavy (non-hydrogen) atoms. The Morgan fingerprint density at radius 2 is 2.21 bits per heavy atom. The number of rotatable bonds is 4. The quantitative estimate of drug-likeness (QED) is 0.893. The van der Waals surface area contributed by atoms with Crippen LogP contribution in [0.25, 0.3) is 0 Å². The van der Waals surface area contributed by atoms with E-state index in [9.17, 15) is 4.39 Å². The highest BCUT2D eigenvalue weighted by molar-refractivity contribution is 9.10. The second-order valence-electron chi connectivity index (χ2n) is 4.06. The average molecular weight is 344 g/mol. The van der Waals surface area contributed by atoms with E-state index in [0.717, 1.165) is 16.6 Å². The summed E-state index contributed by atoms with van der Waals surface area (Å²) in [5, 5.41) is 3.90. The van der Waals surface area contributed by atoms with Crippen LogP contribution >= 0.6 is 27.5 Å². The fourth-order valence-electron chi connectivity index (χ4n) is 1.92. The zero-order valence-corrected chi connectivity index (χ0v) is 12.7. The third-order valence-corrected chi connectivity index (χ3v) is 4.01. The molecule has 1 aromatic heterocycles. The highest BCUT2D eigenvalue weighted by Crippen LogP contribution is 2.29. The largest absolute Gasteiger partial charge is 0.306 e. The monoisotopic (exact) mass is 342 g/mol. The predicted octanol–water partition coefficient (Wildman–Crippen LogP) is 4.34. The first kappa shape index (κ1) is 14.4. The maximum Gasteiger partial charge on any atom is 0.146 e. The number of nitrogens with zero attached hydrogens (tertiary/aromatic N) is 1. The van der Waals surface area contributed by atoms with Crippen molar-refractivity contribution in [2.24, 2.45) is 0 Å². The number of nitrogens with one attached hydrogen (secondary N) is 1. The van der Waals surface area contributed by atoms with Crippen LogP contribution in [-0.4, -0.2) is 11.5 Å². The molecule has 0 aliphatic rings. The number of aromatic nitrogens is 1. The highest BCUT2D eigenvalue weighted by atomic mass is 79.9. The summed E-state index contributed by atoms with van der Waals surface area (Å²) in [6.07, 6.45) is 2.82. The molecule has 5 heteroatoms. The molecule has 0 spiro atoms. The van der Waals surface area contributed by atoms with E-state index in [2.05, 4.69) is 26.2 Å². The molecule has 1 unspecified atom stereocenters. The number of hydrogen-bond acceptors (Lipinski definition) is 2. The van der Waals surface area contributed by atoms with Gasteiger partial charge < -0.3 is 5.32 Å². The molecule has 1 N–H and O–H groups in total. The molecule has 0 fully saturated rings. The summed E-state index contributed by atoms with van der Waals surface area (Å²) >= 11 is 9.38. The van der Waals surface area contributed by atoms with Crippen molar-refractivity contribution in [3.8, 4) is 0 Å². The smallest absolute Gasteiger partial charge is 0.146 e. The molecule has 2 aromatic rings. The van der Waals surface area contributed by atoms with E-state index in [0.29, 0.717) is 10.6 Å². The Balaban J connectivity index is 2.45. The normalized spacial score (nSPS) is 12.4. The number of benzene rings is 1. The van der Waals surface area contributed by atoms with Crippen molar-refractivity contribution in [3.05, 3.63) is 63.1 Å². The Bertz CT molecular complexity index is 577.